The molecule has 0 aliphatic rings. The van der Waals surface area contributed by atoms with Gasteiger partial charge in [0.2, 0.25) is 0 Å². The molecule has 0 aliphatic heterocycles. The molecular weight excluding hydrogens is 260 g/mol. The standard InChI is InChI=1S/C19H22O2/c1-15(16(2)20)7-6-8-17-11-13-19(14-12-17)21-18-9-4-3-5-10-18/h3-6,8-16,20H,7H2,1-2H3/b8-6+/t15-,16+/m1/s1. The van der Waals surface area contributed by atoms with Crippen LogP contribution < -0.4 is 4.74 Å². The van der Waals surface area contributed by atoms with Crippen LogP contribution in [0.2, 0.25) is 0 Å². The molecule has 1 N–H and O–H groups in total. The number of benzene rings is 2. The molecule has 2 aromatic rings. The van der Waals surface area contributed by atoms with Crippen molar-refractivity contribution in [2.45, 2.75) is 26.4 Å². The lowest BCUT2D eigenvalue weighted by atomic mass is 10.0. The Balaban J connectivity index is 1.91. The van der Waals surface area contributed by atoms with E-state index < -0.39 is 0 Å². The lowest BCUT2D eigenvalue weighted by molar-refractivity contribution is 0.136. The first-order valence-corrected chi connectivity index (χ1v) is 7.33. The van der Waals surface area contributed by atoms with Gasteiger partial charge in [0.25, 0.3) is 0 Å². The molecule has 2 heteroatoms. The summed E-state index contributed by atoms with van der Waals surface area (Å²) >= 11 is 0. The molecule has 0 spiro atoms. The average Bonchev–Trinajstić information content (AvgIpc) is 2.50. The first kappa shape index (κ1) is 15.3. The first-order valence-electron chi connectivity index (χ1n) is 7.33. The highest BCUT2D eigenvalue weighted by Gasteiger charge is 2.05. The van der Waals surface area contributed by atoms with Crippen LogP contribution in [0.4, 0.5) is 0 Å². The first-order chi connectivity index (χ1) is 10.1. The maximum atomic E-state index is 9.44. The van der Waals surface area contributed by atoms with E-state index in [-0.39, 0.29) is 12.0 Å². The van der Waals surface area contributed by atoms with Gasteiger partial charge in [0.15, 0.2) is 0 Å². The van der Waals surface area contributed by atoms with Crippen LogP contribution >= 0.6 is 0 Å². The Morgan fingerprint density at radius 3 is 2.19 bits per heavy atom. The highest BCUT2D eigenvalue weighted by Crippen LogP contribution is 2.21. The van der Waals surface area contributed by atoms with Crippen molar-refractivity contribution in [3.05, 3.63) is 66.2 Å². The van der Waals surface area contributed by atoms with E-state index >= 15 is 0 Å². The van der Waals surface area contributed by atoms with Crippen molar-refractivity contribution in [2.75, 3.05) is 0 Å². The van der Waals surface area contributed by atoms with Crippen LogP contribution in [0, 0.1) is 5.92 Å². The summed E-state index contributed by atoms with van der Waals surface area (Å²) in [6.07, 6.45) is 4.78. The van der Waals surface area contributed by atoms with E-state index in [9.17, 15) is 5.11 Å². The largest absolute Gasteiger partial charge is 0.457 e. The third-order valence-corrected chi connectivity index (χ3v) is 3.50. The normalized spacial score (nSPS) is 14.0. The van der Waals surface area contributed by atoms with Crippen LogP contribution in [0.3, 0.4) is 0 Å². The third-order valence-electron chi connectivity index (χ3n) is 3.50. The highest BCUT2D eigenvalue weighted by atomic mass is 16.5. The Labute approximate surface area is 126 Å². The summed E-state index contributed by atoms with van der Waals surface area (Å²) in [6.45, 7) is 3.88. The zero-order chi connectivity index (χ0) is 15.1. The minimum absolute atomic E-state index is 0.267. The van der Waals surface area contributed by atoms with Gasteiger partial charge in [0, 0.05) is 0 Å². The minimum Gasteiger partial charge on any atom is -0.457 e. The third kappa shape index (κ3) is 5.09. The molecule has 0 saturated heterocycles. The highest BCUT2D eigenvalue weighted by molar-refractivity contribution is 5.50. The van der Waals surface area contributed by atoms with Crippen LogP contribution in [-0.4, -0.2) is 11.2 Å². The van der Waals surface area contributed by atoms with Gasteiger partial charge in [0.05, 0.1) is 6.10 Å². The van der Waals surface area contributed by atoms with Crippen molar-refractivity contribution in [3.63, 3.8) is 0 Å². The lowest BCUT2D eigenvalue weighted by Crippen LogP contribution is -2.11. The summed E-state index contributed by atoms with van der Waals surface area (Å²) in [5.74, 6) is 1.95. The van der Waals surface area contributed by atoms with Crippen LogP contribution in [0.1, 0.15) is 25.8 Å². The van der Waals surface area contributed by atoms with Crippen molar-refractivity contribution >= 4 is 6.08 Å². The Kier molecular flexibility index (Phi) is 5.59. The average molecular weight is 282 g/mol. The number of hydrogen-bond donors (Lipinski definition) is 1. The van der Waals surface area contributed by atoms with Crippen molar-refractivity contribution in [3.8, 4) is 11.5 Å². The molecule has 0 heterocycles. The fraction of sp³-hybridized carbons (Fsp3) is 0.263. The molecule has 0 aliphatic carbocycles. The second-order valence-electron chi connectivity index (χ2n) is 5.34. The SMILES string of the molecule is C[C@H](O)[C@H](C)C/C=C/c1ccc(Oc2ccccc2)cc1. The summed E-state index contributed by atoms with van der Waals surface area (Å²) in [4.78, 5) is 0. The Morgan fingerprint density at radius 1 is 0.952 bits per heavy atom. The van der Waals surface area contributed by atoms with Crippen molar-refractivity contribution in [1.29, 1.82) is 0 Å². The number of allylic oxidation sites excluding steroid dienone is 1. The van der Waals surface area contributed by atoms with E-state index in [1.807, 2.05) is 68.4 Å². The Morgan fingerprint density at radius 2 is 1.57 bits per heavy atom. The number of aliphatic hydroxyl groups is 1. The smallest absolute Gasteiger partial charge is 0.127 e. The topological polar surface area (TPSA) is 29.5 Å². The molecule has 2 nitrogen and oxygen atoms in total. The predicted octanol–water partition coefficient (Wildman–Crippen LogP) is 4.90. The van der Waals surface area contributed by atoms with Crippen molar-refractivity contribution in [2.24, 2.45) is 5.92 Å². The van der Waals surface area contributed by atoms with E-state index in [1.54, 1.807) is 0 Å². The number of hydrogen-bond acceptors (Lipinski definition) is 2. The maximum Gasteiger partial charge on any atom is 0.127 e. The molecular formula is C19H22O2. The molecule has 2 aromatic carbocycles. The van der Waals surface area contributed by atoms with Crippen LogP contribution in [0.5, 0.6) is 11.5 Å². The van der Waals surface area contributed by atoms with Gasteiger partial charge >= 0.3 is 0 Å². The number of ether oxygens (including phenoxy) is 1. The van der Waals surface area contributed by atoms with Gasteiger partial charge < -0.3 is 9.84 Å². The van der Waals surface area contributed by atoms with Gasteiger partial charge in [-0.15, -0.1) is 0 Å². The zero-order valence-corrected chi connectivity index (χ0v) is 12.6. The van der Waals surface area contributed by atoms with E-state index in [1.165, 1.54) is 0 Å². The van der Waals surface area contributed by atoms with Crippen LogP contribution in [-0.2, 0) is 0 Å². The van der Waals surface area contributed by atoms with Crippen molar-refractivity contribution in [1.82, 2.24) is 0 Å². The summed E-state index contributed by atoms with van der Waals surface area (Å²) in [7, 11) is 0. The predicted molar refractivity (Wildman–Crippen MR) is 87.5 cm³/mol. The molecule has 0 radical (unpaired) electrons. The summed E-state index contributed by atoms with van der Waals surface area (Å²) in [5, 5.41) is 9.44. The monoisotopic (exact) mass is 282 g/mol. The van der Waals surface area contributed by atoms with Gasteiger partial charge in [-0.05, 0) is 49.1 Å². The molecule has 21 heavy (non-hydrogen) atoms. The Bertz CT molecular complexity index is 556. The van der Waals surface area contributed by atoms with E-state index in [2.05, 4.69) is 12.2 Å². The molecule has 0 aromatic heterocycles. The fourth-order valence-electron chi connectivity index (χ4n) is 1.89. The molecule has 0 fully saturated rings. The number of rotatable bonds is 6. The quantitative estimate of drug-likeness (QED) is 0.816. The lowest BCUT2D eigenvalue weighted by Gasteiger charge is -2.11. The van der Waals surface area contributed by atoms with Gasteiger partial charge in [-0.3, -0.25) is 0 Å². The summed E-state index contributed by atoms with van der Waals surface area (Å²) < 4.78 is 5.75. The van der Waals surface area contributed by atoms with Crippen molar-refractivity contribution < 1.29 is 9.84 Å². The van der Waals surface area contributed by atoms with Gasteiger partial charge in [0.1, 0.15) is 11.5 Å². The number of aliphatic hydroxyl groups excluding tert-OH is 1. The maximum absolute atomic E-state index is 9.44. The second kappa shape index (κ2) is 7.65. The van der Waals surface area contributed by atoms with Gasteiger partial charge in [-0.2, -0.15) is 0 Å². The molecule has 110 valence electrons. The Hall–Kier alpha value is -2.06. The van der Waals surface area contributed by atoms with Gasteiger partial charge in [-0.25, -0.2) is 0 Å². The summed E-state index contributed by atoms with van der Waals surface area (Å²) in [6, 6.07) is 17.7. The fourth-order valence-corrected chi connectivity index (χ4v) is 1.89. The van der Waals surface area contributed by atoms with Crippen LogP contribution in [0.15, 0.2) is 60.7 Å². The van der Waals surface area contributed by atoms with E-state index in [0.29, 0.717) is 0 Å². The van der Waals surface area contributed by atoms with E-state index in [0.717, 1.165) is 23.5 Å². The molecule has 0 bridgehead atoms. The zero-order valence-electron chi connectivity index (χ0n) is 12.6. The van der Waals surface area contributed by atoms with Gasteiger partial charge in [-0.1, -0.05) is 49.4 Å². The molecule has 2 rings (SSSR count). The molecule has 2 atom stereocenters. The number of para-hydroxylation sites is 1. The second-order valence-corrected chi connectivity index (χ2v) is 5.34. The van der Waals surface area contributed by atoms with Crippen LogP contribution in [0.25, 0.3) is 6.08 Å². The minimum atomic E-state index is -0.267. The van der Waals surface area contributed by atoms with E-state index in [4.69, 9.17) is 4.74 Å². The molecule has 0 unspecified atom stereocenters. The molecule has 0 amide bonds. The molecule has 0 saturated carbocycles. The summed E-state index contributed by atoms with van der Waals surface area (Å²) in [5.41, 5.74) is 1.13.